The number of methoxy groups -OCH3 is 2. The minimum atomic E-state index is -1.15. The van der Waals surface area contributed by atoms with Gasteiger partial charge in [-0.15, -0.1) is 0 Å². The quantitative estimate of drug-likeness (QED) is 0.748. The molecule has 0 aliphatic heterocycles. The molecule has 138 valence electrons. The van der Waals surface area contributed by atoms with Crippen molar-refractivity contribution in [3.8, 4) is 11.5 Å². The molecule has 26 heavy (non-hydrogen) atoms. The summed E-state index contributed by atoms with van der Waals surface area (Å²) in [6.07, 6.45) is 0.878. The smallest absolute Gasteiger partial charge is 0.241 e. The number of nitrogens with one attached hydrogen (secondary N) is 2. The van der Waals surface area contributed by atoms with Crippen LogP contribution in [0.15, 0.2) is 22.7 Å². The van der Waals surface area contributed by atoms with Gasteiger partial charge < -0.3 is 24.6 Å². The van der Waals surface area contributed by atoms with Crippen molar-refractivity contribution in [2.75, 3.05) is 24.9 Å². The Balaban J connectivity index is 1.78. The number of hydrogen-bond donors (Lipinski definition) is 2. The van der Waals surface area contributed by atoms with Gasteiger partial charge in [-0.1, -0.05) is 16.8 Å². The molecule has 2 N–H and O–H groups in total. The minimum absolute atomic E-state index is 0.275. The van der Waals surface area contributed by atoms with Gasteiger partial charge in [0.25, 0.3) is 0 Å². The zero-order valence-electron chi connectivity index (χ0n) is 14.5. The van der Waals surface area contributed by atoms with Gasteiger partial charge >= 0.3 is 0 Å². The molecule has 1 aromatic carbocycles. The zero-order valence-corrected chi connectivity index (χ0v) is 15.3. The lowest BCUT2D eigenvalue weighted by molar-refractivity contribution is -0.131. The lowest BCUT2D eigenvalue weighted by Crippen LogP contribution is -2.35. The summed E-state index contributed by atoms with van der Waals surface area (Å²) in [6, 6.07) is 4.67. The van der Waals surface area contributed by atoms with E-state index in [-0.39, 0.29) is 5.82 Å². The molecule has 1 aliphatic carbocycles. The number of carbonyl (C=O) groups excluding carboxylic acids is 2. The van der Waals surface area contributed by atoms with Gasteiger partial charge in [-0.05, 0) is 19.8 Å². The molecule has 1 saturated carbocycles. The van der Waals surface area contributed by atoms with Crippen LogP contribution in [0.25, 0.3) is 0 Å². The van der Waals surface area contributed by atoms with Gasteiger partial charge in [0.1, 0.15) is 22.7 Å². The van der Waals surface area contributed by atoms with Crippen LogP contribution in [0.3, 0.4) is 0 Å². The average molecular weight is 380 g/mol. The number of benzene rings is 1. The van der Waals surface area contributed by atoms with E-state index >= 15 is 0 Å². The van der Waals surface area contributed by atoms with Crippen molar-refractivity contribution in [3.63, 3.8) is 0 Å². The third-order valence-electron chi connectivity index (χ3n) is 4.21. The second-order valence-electron chi connectivity index (χ2n) is 6.00. The Morgan fingerprint density at radius 1 is 1.12 bits per heavy atom. The first kappa shape index (κ1) is 18.1. The van der Waals surface area contributed by atoms with Gasteiger partial charge in [-0.25, -0.2) is 0 Å². The van der Waals surface area contributed by atoms with E-state index in [1.807, 2.05) is 0 Å². The van der Waals surface area contributed by atoms with Gasteiger partial charge in [0.15, 0.2) is 5.82 Å². The number of hydrogen-bond acceptors (Lipinski definition) is 6. The fraction of sp³-hybridized carbons (Fsp3) is 0.353. The van der Waals surface area contributed by atoms with Gasteiger partial charge in [-0.2, -0.15) is 0 Å². The largest absolute Gasteiger partial charge is 0.495 e. The molecule has 0 bridgehead atoms. The van der Waals surface area contributed by atoms with Crippen molar-refractivity contribution < 1.29 is 23.6 Å². The summed E-state index contributed by atoms with van der Waals surface area (Å²) >= 11 is 6.06. The fourth-order valence-electron chi connectivity index (χ4n) is 2.54. The first-order valence-electron chi connectivity index (χ1n) is 7.87. The number of anilines is 2. The predicted molar refractivity (Wildman–Crippen MR) is 94.7 cm³/mol. The molecule has 0 atom stereocenters. The highest BCUT2D eigenvalue weighted by Gasteiger charge is 2.56. The number of nitrogens with zero attached hydrogens (tertiary/aromatic N) is 1. The molecular weight excluding hydrogens is 362 g/mol. The number of aryl methyl sites for hydroxylation is 1. The highest BCUT2D eigenvalue weighted by molar-refractivity contribution is 6.32. The van der Waals surface area contributed by atoms with E-state index in [1.165, 1.54) is 20.3 Å². The summed E-state index contributed by atoms with van der Waals surface area (Å²) in [5.41, 5.74) is -0.778. The lowest BCUT2D eigenvalue weighted by atomic mass is 10.0. The maximum Gasteiger partial charge on any atom is 0.241 e. The first-order valence-corrected chi connectivity index (χ1v) is 8.25. The van der Waals surface area contributed by atoms with Crippen LogP contribution in [0, 0.1) is 12.3 Å². The molecule has 8 nitrogen and oxygen atoms in total. The van der Waals surface area contributed by atoms with Crippen LogP contribution in [0.2, 0.25) is 5.02 Å². The molecule has 3 rings (SSSR count). The van der Waals surface area contributed by atoms with Gasteiger partial charge in [0, 0.05) is 18.2 Å². The molecule has 0 unspecified atom stereocenters. The summed E-state index contributed by atoms with van der Waals surface area (Å²) < 4.78 is 15.3. The molecular formula is C17H18ClN3O5. The number of halogens is 1. The second-order valence-corrected chi connectivity index (χ2v) is 6.41. The molecule has 2 amide bonds. The summed E-state index contributed by atoms with van der Waals surface area (Å²) in [5, 5.41) is 9.40. The fourth-order valence-corrected chi connectivity index (χ4v) is 2.77. The maximum absolute atomic E-state index is 12.7. The van der Waals surface area contributed by atoms with E-state index in [9.17, 15) is 9.59 Å². The monoisotopic (exact) mass is 379 g/mol. The predicted octanol–water partition coefficient (Wildman–Crippen LogP) is 3.01. The Hall–Kier alpha value is -2.74. The van der Waals surface area contributed by atoms with E-state index in [0.717, 1.165) is 0 Å². The number of ether oxygens (including phenoxy) is 2. The van der Waals surface area contributed by atoms with Crippen LogP contribution in [0.1, 0.15) is 18.6 Å². The van der Waals surface area contributed by atoms with Gasteiger partial charge in [0.05, 0.1) is 24.9 Å². The van der Waals surface area contributed by atoms with Crippen LogP contribution in [0.4, 0.5) is 11.5 Å². The van der Waals surface area contributed by atoms with Crippen molar-refractivity contribution in [3.05, 3.63) is 29.0 Å². The molecule has 0 saturated heterocycles. The first-order chi connectivity index (χ1) is 12.4. The Morgan fingerprint density at radius 2 is 1.77 bits per heavy atom. The maximum atomic E-state index is 12.7. The van der Waals surface area contributed by atoms with Crippen LogP contribution < -0.4 is 20.1 Å². The molecule has 0 radical (unpaired) electrons. The summed E-state index contributed by atoms with van der Waals surface area (Å²) in [4.78, 5) is 25.3. The van der Waals surface area contributed by atoms with E-state index in [1.54, 1.807) is 19.1 Å². The van der Waals surface area contributed by atoms with Crippen molar-refractivity contribution in [2.24, 2.45) is 5.41 Å². The normalized spacial score (nSPS) is 14.5. The minimum Gasteiger partial charge on any atom is -0.495 e. The molecule has 2 aromatic rings. The van der Waals surface area contributed by atoms with Gasteiger partial charge in [-0.3, -0.25) is 9.59 Å². The second kappa shape index (κ2) is 6.87. The van der Waals surface area contributed by atoms with Gasteiger partial charge in [0.2, 0.25) is 11.8 Å². The van der Waals surface area contributed by atoms with Crippen LogP contribution >= 0.6 is 11.6 Å². The third kappa shape index (κ3) is 3.32. The topological polar surface area (TPSA) is 103 Å². The Labute approximate surface area is 154 Å². The van der Waals surface area contributed by atoms with Crippen molar-refractivity contribution in [2.45, 2.75) is 19.8 Å². The Kier molecular flexibility index (Phi) is 4.78. The van der Waals surface area contributed by atoms with Crippen LogP contribution in [-0.4, -0.2) is 31.2 Å². The summed E-state index contributed by atoms with van der Waals surface area (Å²) in [6.45, 7) is 1.71. The average Bonchev–Trinajstić information content (AvgIpc) is 3.34. The number of rotatable bonds is 6. The number of carbonyl (C=O) groups is 2. The van der Waals surface area contributed by atoms with Crippen molar-refractivity contribution in [1.82, 2.24) is 5.16 Å². The Bertz CT molecular complexity index is 860. The highest BCUT2D eigenvalue weighted by atomic mass is 35.5. The van der Waals surface area contributed by atoms with E-state index < -0.39 is 17.2 Å². The molecule has 0 spiro atoms. The molecule has 1 fully saturated rings. The van der Waals surface area contributed by atoms with E-state index in [0.29, 0.717) is 40.8 Å². The Morgan fingerprint density at radius 3 is 2.31 bits per heavy atom. The molecule has 9 heteroatoms. The SMILES string of the molecule is COc1cc(NC(=O)C2(C(=O)Nc3cc(C)on3)CC2)c(OC)cc1Cl. The van der Waals surface area contributed by atoms with Crippen LogP contribution in [-0.2, 0) is 9.59 Å². The standard InChI is InChI=1S/C17H18ClN3O5/c1-9-6-14(21-26-9)20-16(23)17(4-5-17)15(22)19-11-8-12(24-2)10(18)7-13(11)25-3/h6-8H,4-5H2,1-3H3,(H,19,22)(H,20,21,23). The highest BCUT2D eigenvalue weighted by Crippen LogP contribution is 2.48. The summed E-state index contributed by atoms with van der Waals surface area (Å²) in [5.74, 6) is 0.730. The van der Waals surface area contributed by atoms with Crippen molar-refractivity contribution >= 4 is 34.9 Å². The van der Waals surface area contributed by atoms with Crippen LogP contribution in [0.5, 0.6) is 11.5 Å². The number of aromatic nitrogens is 1. The third-order valence-corrected chi connectivity index (χ3v) is 4.51. The van der Waals surface area contributed by atoms with E-state index in [2.05, 4.69) is 15.8 Å². The summed E-state index contributed by atoms with van der Waals surface area (Å²) in [7, 11) is 2.93. The van der Waals surface area contributed by atoms with E-state index in [4.69, 9.17) is 25.6 Å². The molecule has 1 aromatic heterocycles. The zero-order chi connectivity index (χ0) is 18.9. The van der Waals surface area contributed by atoms with Crippen molar-refractivity contribution in [1.29, 1.82) is 0 Å². The molecule has 1 heterocycles. The molecule has 1 aliphatic rings. The number of amides is 2. The lowest BCUT2D eigenvalue weighted by Gasteiger charge is -2.17.